The van der Waals surface area contributed by atoms with E-state index in [1.807, 2.05) is 0 Å². The van der Waals surface area contributed by atoms with Crippen LogP contribution in [0.5, 0.6) is 0 Å². The molecule has 0 fully saturated rings. The maximum Gasteiger partial charge on any atom is 0.417 e. The Balaban J connectivity index is 2.70. The molecule has 1 aromatic carbocycles. The first-order chi connectivity index (χ1) is 8.63. The zero-order chi connectivity index (χ0) is 14.4. The van der Waals surface area contributed by atoms with Gasteiger partial charge in [-0.25, -0.2) is 8.42 Å². The number of alkyl halides is 3. The summed E-state index contributed by atoms with van der Waals surface area (Å²) in [6.07, 6.45) is -4.95. The molecule has 0 N–H and O–H groups in total. The highest BCUT2D eigenvalue weighted by Gasteiger charge is 2.40. The summed E-state index contributed by atoms with van der Waals surface area (Å²) in [6, 6.07) is 3.14. The molecule has 0 radical (unpaired) electrons. The quantitative estimate of drug-likeness (QED) is 0.841. The third-order valence-corrected chi connectivity index (χ3v) is 4.29. The second kappa shape index (κ2) is 4.19. The van der Waals surface area contributed by atoms with Crippen LogP contribution in [0.2, 0.25) is 0 Å². The minimum absolute atomic E-state index is 0.0370. The van der Waals surface area contributed by atoms with Gasteiger partial charge >= 0.3 is 6.18 Å². The molecule has 0 spiro atoms. The van der Waals surface area contributed by atoms with Gasteiger partial charge in [-0.2, -0.15) is 13.2 Å². The van der Waals surface area contributed by atoms with Crippen molar-refractivity contribution in [3.8, 4) is 0 Å². The van der Waals surface area contributed by atoms with Crippen molar-refractivity contribution >= 4 is 21.2 Å². The van der Waals surface area contributed by atoms with Crippen molar-refractivity contribution < 1.29 is 26.4 Å². The number of carbonyl (C=O) groups excluding carboxylic acids is 1. The Morgan fingerprint density at radius 3 is 2.42 bits per heavy atom. The molecule has 0 aromatic heterocycles. The van der Waals surface area contributed by atoms with Crippen LogP contribution < -0.4 is 0 Å². The van der Waals surface area contributed by atoms with Crippen LogP contribution in [0.15, 0.2) is 28.5 Å². The first kappa shape index (κ1) is 13.8. The summed E-state index contributed by atoms with van der Waals surface area (Å²) in [5.74, 6) is -0.313. The molecule has 0 bridgehead atoms. The van der Waals surface area contributed by atoms with Gasteiger partial charge in [0.2, 0.25) is 9.84 Å². The van der Waals surface area contributed by atoms with E-state index in [2.05, 4.69) is 0 Å². The fourth-order valence-corrected chi connectivity index (χ4v) is 3.73. The molecule has 19 heavy (non-hydrogen) atoms. The normalized spacial score (nSPS) is 16.9. The highest BCUT2D eigenvalue weighted by atomic mass is 32.2. The molecular formula is C12H9F3O3S. The molecule has 1 aliphatic rings. The zero-order valence-corrected chi connectivity index (χ0v) is 10.6. The number of rotatable bonds is 2. The summed E-state index contributed by atoms with van der Waals surface area (Å²) in [5.41, 5.74) is -1.13. The smallest absolute Gasteiger partial charge is 0.300 e. The van der Waals surface area contributed by atoms with E-state index in [-0.39, 0.29) is 23.3 Å². The van der Waals surface area contributed by atoms with Gasteiger partial charge in [-0.3, -0.25) is 4.79 Å². The fourth-order valence-electron chi connectivity index (χ4n) is 2.03. The molecule has 7 heteroatoms. The van der Waals surface area contributed by atoms with Gasteiger partial charge in [0.05, 0.1) is 10.5 Å². The number of fused-ring (bicyclic) bond motifs is 1. The Labute approximate surface area is 107 Å². The molecule has 0 aliphatic carbocycles. The Kier molecular flexibility index (Phi) is 3.04. The van der Waals surface area contributed by atoms with Gasteiger partial charge < -0.3 is 0 Å². The lowest BCUT2D eigenvalue weighted by Crippen LogP contribution is -2.11. The van der Waals surface area contributed by atoms with Gasteiger partial charge in [0.1, 0.15) is 5.78 Å². The minimum atomic E-state index is -4.75. The Bertz CT molecular complexity index is 685. The zero-order valence-electron chi connectivity index (χ0n) is 9.78. The summed E-state index contributed by atoms with van der Waals surface area (Å²) < 4.78 is 62.1. The summed E-state index contributed by atoms with van der Waals surface area (Å²) in [4.78, 5) is 10.3. The number of halogens is 3. The molecular weight excluding hydrogens is 281 g/mol. The molecule has 0 atom stereocenters. The van der Waals surface area contributed by atoms with Crippen molar-refractivity contribution in [2.45, 2.75) is 24.4 Å². The highest BCUT2D eigenvalue weighted by molar-refractivity contribution is 7.95. The maximum absolute atomic E-state index is 12.8. The first-order valence-corrected chi connectivity index (χ1v) is 6.83. The Morgan fingerprint density at radius 2 is 1.89 bits per heavy atom. The van der Waals surface area contributed by atoms with Crippen LogP contribution in [-0.4, -0.2) is 14.2 Å². The topological polar surface area (TPSA) is 51.2 Å². The van der Waals surface area contributed by atoms with Crippen molar-refractivity contribution in [3.05, 3.63) is 34.7 Å². The lowest BCUT2D eigenvalue weighted by atomic mass is 10.0. The molecule has 0 saturated heterocycles. The summed E-state index contributed by atoms with van der Waals surface area (Å²) in [5, 5.41) is 0.744. The Hall–Kier alpha value is -1.63. The number of ketones is 1. The summed E-state index contributed by atoms with van der Waals surface area (Å²) in [6.45, 7) is 1.25. The predicted octanol–water partition coefficient (Wildman–Crippen LogP) is 2.81. The lowest BCUT2D eigenvalue weighted by molar-refractivity contribution is -0.139. The largest absolute Gasteiger partial charge is 0.417 e. The number of benzene rings is 1. The average Bonchev–Trinajstić information content (AvgIpc) is 2.48. The predicted molar refractivity (Wildman–Crippen MR) is 61.9 cm³/mol. The van der Waals surface area contributed by atoms with Crippen LogP contribution in [0, 0.1) is 0 Å². The molecule has 1 aromatic rings. The summed E-state index contributed by atoms with van der Waals surface area (Å²) >= 11 is 0. The fraction of sp³-hybridized carbons (Fsp3) is 0.250. The van der Waals surface area contributed by atoms with Crippen LogP contribution in [0.4, 0.5) is 13.2 Å². The van der Waals surface area contributed by atoms with Gasteiger partial charge in [-0.15, -0.1) is 0 Å². The molecule has 102 valence electrons. The van der Waals surface area contributed by atoms with Crippen molar-refractivity contribution in [1.82, 2.24) is 0 Å². The lowest BCUT2D eigenvalue weighted by Gasteiger charge is -2.11. The number of hydrogen-bond acceptors (Lipinski definition) is 3. The maximum atomic E-state index is 12.8. The van der Waals surface area contributed by atoms with Crippen molar-refractivity contribution in [2.24, 2.45) is 0 Å². The second-order valence-electron chi connectivity index (χ2n) is 4.25. The standard InChI is InChI=1S/C12H9F3O3S/c1-7(16)5-8-6-19(17,18)11-9(8)3-2-4-10(11)12(13,14)15/h2-4,6H,5H2,1H3. The van der Waals surface area contributed by atoms with Gasteiger partial charge in [-0.05, 0) is 24.1 Å². The van der Waals surface area contributed by atoms with E-state index in [0.29, 0.717) is 0 Å². The third-order valence-electron chi connectivity index (χ3n) is 2.69. The summed E-state index contributed by atoms with van der Waals surface area (Å²) in [7, 11) is -4.15. The third kappa shape index (κ3) is 2.42. The van der Waals surface area contributed by atoms with Crippen LogP contribution in [-0.2, 0) is 20.8 Å². The minimum Gasteiger partial charge on any atom is -0.300 e. The van der Waals surface area contributed by atoms with Crippen molar-refractivity contribution in [3.63, 3.8) is 0 Å². The molecule has 3 nitrogen and oxygen atoms in total. The molecule has 2 rings (SSSR count). The number of sulfone groups is 1. The first-order valence-electron chi connectivity index (χ1n) is 5.28. The monoisotopic (exact) mass is 290 g/mol. The van der Waals surface area contributed by atoms with Crippen LogP contribution >= 0.6 is 0 Å². The van der Waals surface area contributed by atoms with E-state index >= 15 is 0 Å². The van der Waals surface area contributed by atoms with Gasteiger partial charge in [0.25, 0.3) is 0 Å². The molecule has 0 unspecified atom stereocenters. The van der Waals surface area contributed by atoms with E-state index < -0.39 is 26.5 Å². The molecule has 0 amide bonds. The second-order valence-corrected chi connectivity index (χ2v) is 5.98. The number of hydrogen-bond donors (Lipinski definition) is 0. The van der Waals surface area contributed by atoms with E-state index in [0.717, 1.165) is 17.5 Å². The van der Waals surface area contributed by atoms with Crippen LogP contribution in [0.1, 0.15) is 24.5 Å². The molecule has 1 heterocycles. The van der Waals surface area contributed by atoms with Gasteiger partial charge in [0.15, 0.2) is 0 Å². The van der Waals surface area contributed by atoms with Crippen LogP contribution in [0.25, 0.3) is 5.57 Å². The van der Waals surface area contributed by atoms with Gasteiger partial charge in [0, 0.05) is 11.8 Å². The SMILES string of the molecule is CC(=O)CC1=CS(=O)(=O)c2c1cccc2C(F)(F)F. The number of carbonyl (C=O) groups is 1. The number of Topliss-reactive ketones (excluding diaryl/α,β-unsaturated/α-hetero) is 1. The van der Waals surface area contributed by atoms with Gasteiger partial charge in [-0.1, -0.05) is 12.1 Å². The van der Waals surface area contributed by atoms with E-state index in [9.17, 15) is 26.4 Å². The molecule has 0 saturated carbocycles. The van der Waals surface area contributed by atoms with Crippen molar-refractivity contribution in [1.29, 1.82) is 0 Å². The Morgan fingerprint density at radius 1 is 1.26 bits per heavy atom. The van der Waals surface area contributed by atoms with Crippen LogP contribution in [0.3, 0.4) is 0 Å². The highest BCUT2D eigenvalue weighted by Crippen LogP contribution is 2.43. The van der Waals surface area contributed by atoms with E-state index in [1.54, 1.807) is 0 Å². The van der Waals surface area contributed by atoms with Crippen molar-refractivity contribution in [2.75, 3.05) is 0 Å². The molecule has 1 aliphatic heterocycles. The van der Waals surface area contributed by atoms with E-state index in [4.69, 9.17) is 0 Å². The van der Waals surface area contributed by atoms with E-state index in [1.165, 1.54) is 13.0 Å². The average molecular weight is 290 g/mol. The number of allylic oxidation sites excluding steroid dienone is 1.